The van der Waals surface area contributed by atoms with Crippen molar-refractivity contribution >= 4 is 38.8 Å². The normalized spacial score (nSPS) is 13.7. The number of carbonyl (C=O) groups excluding carboxylic acids is 1. The molecule has 4 aromatic rings. The van der Waals surface area contributed by atoms with Crippen molar-refractivity contribution in [2.45, 2.75) is 6.54 Å². The average Bonchev–Trinajstić information content (AvgIpc) is 3.32. The van der Waals surface area contributed by atoms with Crippen molar-refractivity contribution in [2.75, 3.05) is 31.2 Å². The third-order valence-electron chi connectivity index (χ3n) is 5.74. The van der Waals surface area contributed by atoms with Crippen molar-refractivity contribution in [3.8, 4) is 10.6 Å². The molecular weight excluding hydrogens is 452 g/mol. The van der Waals surface area contributed by atoms with Crippen LogP contribution in [-0.4, -0.2) is 42.1 Å². The number of hydrogen-bond acceptors (Lipinski definition) is 7. The Bertz CT molecular complexity index is 1310. The summed E-state index contributed by atoms with van der Waals surface area (Å²) in [4.78, 5) is 30.5. The second kappa shape index (κ2) is 9.58. The molecule has 1 aromatic heterocycles. The number of benzene rings is 3. The summed E-state index contributed by atoms with van der Waals surface area (Å²) in [5, 5.41) is 15.1. The van der Waals surface area contributed by atoms with Crippen LogP contribution in [0.3, 0.4) is 0 Å². The van der Waals surface area contributed by atoms with Crippen LogP contribution >= 0.6 is 11.3 Å². The maximum absolute atomic E-state index is 13.0. The van der Waals surface area contributed by atoms with E-state index in [1.165, 1.54) is 12.1 Å². The van der Waals surface area contributed by atoms with Gasteiger partial charge in [-0.2, -0.15) is 0 Å². The molecule has 8 nitrogen and oxygen atoms in total. The molecule has 2 heterocycles. The summed E-state index contributed by atoms with van der Waals surface area (Å²) < 4.78 is 6.53. The second-order valence-corrected chi connectivity index (χ2v) is 8.95. The molecule has 0 unspecified atom stereocenters. The molecule has 0 spiro atoms. The number of thiazole rings is 1. The minimum Gasteiger partial charge on any atom is -0.378 e. The van der Waals surface area contributed by atoms with E-state index in [0.717, 1.165) is 26.4 Å². The van der Waals surface area contributed by atoms with Gasteiger partial charge in [0.05, 0.1) is 39.6 Å². The molecule has 5 rings (SSSR count). The Hall–Kier alpha value is -3.82. The number of aromatic nitrogens is 1. The summed E-state index contributed by atoms with van der Waals surface area (Å²) in [6.07, 6.45) is 0. The van der Waals surface area contributed by atoms with Gasteiger partial charge < -0.3 is 15.0 Å². The van der Waals surface area contributed by atoms with Gasteiger partial charge in [0.25, 0.3) is 11.6 Å². The Labute approximate surface area is 200 Å². The van der Waals surface area contributed by atoms with E-state index in [1.807, 2.05) is 47.4 Å². The van der Waals surface area contributed by atoms with Gasteiger partial charge in [0.2, 0.25) is 0 Å². The lowest BCUT2D eigenvalue weighted by atomic mass is 10.1. The number of non-ortho nitro benzene ring substituents is 1. The maximum atomic E-state index is 13.0. The number of carbonyl (C=O) groups is 1. The van der Waals surface area contributed by atoms with Gasteiger partial charge in [-0.15, -0.1) is 11.3 Å². The SMILES string of the molecule is O=C(NCc1ccc(-c2nc3ccccc3s2)cc1)c1cc([N+](=O)[O-])ccc1N1CCOCC1. The third-order valence-corrected chi connectivity index (χ3v) is 6.82. The van der Waals surface area contributed by atoms with Crippen LogP contribution in [-0.2, 0) is 11.3 Å². The molecule has 34 heavy (non-hydrogen) atoms. The number of morpholine rings is 1. The summed E-state index contributed by atoms with van der Waals surface area (Å²) in [6.45, 7) is 2.68. The molecular formula is C25H22N4O4S. The lowest BCUT2D eigenvalue weighted by Gasteiger charge is -2.30. The molecule has 0 bridgehead atoms. The lowest BCUT2D eigenvalue weighted by molar-refractivity contribution is -0.384. The van der Waals surface area contributed by atoms with Gasteiger partial charge in [-0.05, 0) is 23.8 Å². The van der Waals surface area contributed by atoms with Crippen molar-refractivity contribution in [3.63, 3.8) is 0 Å². The first-order valence-corrected chi connectivity index (χ1v) is 11.7. The highest BCUT2D eigenvalue weighted by Gasteiger charge is 2.22. The van der Waals surface area contributed by atoms with Crippen LogP contribution in [0.15, 0.2) is 66.7 Å². The summed E-state index contributed by atoms with van der Waals surface area (Å²) in [5.41, 5.74) is 3.79. The fourth-order valence-electron chi connectivity index (χ4n) is 3.94. The molecule has 0 atom stereocenters. The van der Waals surface area contributed by atoms with E-state index >= 15 is 0 Å². The summed E-state index contributed by atoms with van der Waals surface area (Å²) in [6, 6.07) is 20.3. The van der Waals surface area contributed by atoms with E-state index in [1.54, 1.807) is 17.4 Å². The first kappa shape index (κ1) is 22.0. The zero-order valence-electron chi connectivity index (χ0n) is 18.3. The average molecular weight is 475 g/mol. The number of nitro groups is 1. The molecule has 0 saturated carbocycles. The molecule has 172 valence electrons. The number of nitro benzene ring substituents is 1. The van der Waals surface area contributed by atoms with Crippen molar-refractivity contribution in [3.05, 3.63) is 88.0 Å². The number of anilines is 1. The first-order chi connectivity index (χ1) is 16.6. The second-order valence-electron chi connectivity index (χ2n) is 7.92. The standard InChI is InChI=1S/C25H22N4O4S/c30-24(20-15-19(29(31)32)9-10-22(20)28-11-13-33-14-12-28)26-16-17-5-7-18(8-6-17)25-27-21-3-1-2-4-23(21)34-25/h1-10,15H,11-14,16H2,(H,26,30). The smallest absolute Gasteiger partial charge is 0.270 e. The van der Waals surface area contributed by atoms with Gasteiger partial charge in [-0.3, -0.25) is 14.9 Å². The van der Waals surface area contributed by atoms with Crippen molar-refractivity contribution in [2.24, 2.45) is 0 Å². The predicted octanol–water partition coefficient (Wildman–Crippen LogP) is 4.64. The quantitative estimate of drug-likeness (QED) is 0.323. The van der Waals surface area contributed by atoms with Gasteiger partial charge in [0, 0.05) is 37.3 Å². The number of nitrogens with one attached hydrogen (secondary N) is 1. The van der Waals surface area contributed by atoms with Crippen LogP contribution in [0, 0.1) is 10.1 Å². The molecule has 9 heteroatoms. The van der Waals surface area contributed by atoms with Crippen molar-refractivity contribution in [1.29, 1.82) is 0 Å². The summed E-state index contributed by atoms with van der Waals surface area (Å²) in [7, 11) is 0. The molecule has 0 radical (unpaired) electrons. The molecule has 1 aliphatic rings. The van der Waals surface area contributed by atoms with Crippen molar-refractivity contribution in [1.82, 2.24) is 10.3 Å². The number of para-hydroxylation sites is 1. The first-order valence-electron chi connectivity index (χ1n) is 10.9. The highest BCUT2D eigenvalue weighted by atomic mass is 32.1. The Morgan fingerprint density at radius 1 is 1.09 bits per heavy atom. The van der Waals surface area contributed by atoms with E-state index in [4.69, 9.17) is 4.74 Å². The van der Waals surface area contributed by atoms with E-state index in [-0.39, 0.29) is 11.6 Å². The summed E-state index contributed by atoms with van der Waals surface area (Å²) in [5.74, 6) is -0.347. The van der Waals surface area contributed by atoms with E-state index in [0.29, 0.717) is 44.1 Å². The molecule has 1 fully saturated rings. The fourth-order valence-corrected chi connectivity index (χ4v) is 4.91. The van der Waals surface area contributed by atoms with Crippen LogP contribution in [0.1, 0.15) is 15.9 Å². The third kappa shape index (κ3) is 4.61. The fraction of sp³-hybridized carbons (Fsp3) is 0.200. The monoisotopic (exact) mass is 474 g/mol. The zero-order valence-corrected chi connectivity index (χ0v) is 19.1. The van der Waals surface area contributed by atoms with Crippen LogP contribution in [0.25, 0.3) is 20.8 Å². The molecule has 0 aliphatic carbocycles. The van der Waals surface area contributed by atoms with Gasteiger partial charge in [0.15, 0.2) is 0 Å². The van der Waals surface area contributed by atoms with Crippen LogP contribution in [0.4, 0.5) is 11.4 Å². The number of rotatable bonds is 6. The number of fused-ring (bicyclic) bond motifs is 1. The highest BCUT2D eigenvalue weighted by molar-refractivity contribution is 7.21. The van der Waals surface area contributed by atoms with Gasteiger partial charge in [-0.1, -0.05) is 36.4 Å². The van der Waals surface area contributed by atoms with E-state index < -0.39 is 4.92 Å². The number of nitrogens with zero attached hydrogens (tertiary/aromatic N) is 3. The van der Waals surface area contributed by atoms with E-state index in [2.05, 4.69) is 16.4 Å². The molecule has 1 saturated heterocycles. The number of ether oxygens (including phenoxy) is 1. The van der Waals surface area contributed by atoms with Gasteiger partial charge in [-0.25, -0.2) is 4.98 Å². The Kier molecular flexibility index (Phi) is 6.20. The molecule has 1 N–H and O–H groups in total. The molecule has 1 aliphatic heterocycles. The summed E-state index contributed by atoms with van der Waals surface area (Å²) >= 11 is 1.64. The van der Waals surface area contributed by atoms with Crippen molar-refractivity contribution < 1.29 is 14.5 Å². The topological polar surface area (TPSA) is 97.6 Å². The van der Waals surface area contributed by atoms with Crippen LogP contribution in [0.5, 0.6) is 0 Å². The predicted molar refractivity (Wildman–Crippen MR) is 132 cm³/mol. The van der Waals surface area contributed by atoms with Crippen LogP contribution in [0.2, 0.25) is 0 Å². The van der Waals surface area contributed by atoms with Crippen LogP contribution < -0.4 is 10.2 Å². The highest BCUT2D eigenvalue weighted by Crippen LogP contribution is 2.30. The van der Waals surface area contributed by atoms with E-state index in [9.17, 15) is 14.9 Å². The number of hydrogen-bond donors (Lipinski definition) is 1. The minimum atomic E-state index is -0.485. The molecule has 3 aromatic carbocycles. The Morgan fingerprint density at radius 3 is 2.59 bits per heavy atom. The maximum Gasteiger partial charge on any atom is 0.270 e. The Balaban J connectivity index is 1.31. The zero-order chi connectivity index (χ0) is 23.5. The van der Waals surface area contributed by atoms with Gasteiger partial charge in [0.1, 0.15) is 5.01 Å². The van der Waals surface area contributed by atoms with Gasteiger partial charge >= 0.3 is 0 Å². The lowest BCUT2D eigenvalue weighted by Crippen LogP contribution is -2.38. The molecule has 1 amide bonds. The number of amides is 1. The minimum absolute atomic E-state index is 0.109. The largest absolute Gasteiger partial charge is 0.378 e. The Morgan fingerprint density at radius 2 is 1.85 bits per heavy atom.